The molecule has 0 unspecified atom stereocenters. The molecule has 0 radical (unpaired) electrons. The SMILES string of the molecule is COC[C@H](C)Nc1nccc(N(C(=O)Nc2cccc(Cl)c2)c2ccc(F)cc2)n1. The monoisotopic (exact) mass is 429 g/mol. The molecule has 9 heteroatoms. The van der Waals surface area contributed by atoms with Gasteiger partial charge in [-0.05, 0) is 49.4 Å². The van der Waals surface area contributed by atoms with Crippen molar-refractivity contribution in [3.8, 4) is 0 Å². The van der Waals surface area contributed by atoms with Crippen LogP contribution in [0.2, 0.25) is 5.02 Å². The number of carbonyl (C=O) groups excluding carboxylic acids is 1. The first-order chi connectivity index (χ1) is 14.5. The average Bonchev–Trinajstić information content (AvgIpc) is 2.70. The Kier molecular flexibility index (Phi) is 7.16. The van der Waals surface area contributed by atoms with Crippen LogP contribution >= 0.6 is 11.6 Å². The lowest BCUT2D eigenvalue weighted by Crippen LogP contribution is -2.32. The molecule has 3 rings (SSSR count). The van der Waals surface area contributed by atoms with Crippen LogP contribution in [0.4, 0.5) is 32.3 Å². The van der Waals surface area contributed by atoms with Gasteiger partial charge < -0.3 is 15.4 Å². The average molecular weight is 430 g/mol. The highest BCUT2D eigenvalue weighted by molar-refractivity contribution is 6.31. The fraction of sp³-hybridized carbons (Fsp3) is 0.190. The smallest absolute Gasteiger partial charge is 0.332 e. The van der Waals surface area contributed by atoms with E-state index < -0.39 is 11.8 Å². The van der Waals surface area contributed by atoms with E-state index in [1.807, 2.05) is 6.92 Å². The lowest BCUT2D eigenvalue weighted by Gasteiger charge is -2.23. The van der Waals surface area contributed by atoms with Gasteiger partial charge in [-0.15, -0.1) is 0 Å². The second kappa shape index (κ2) is 10.00. The topological polar surface area (TPSA) is 79.4 Å². The Hall–Kier alpha value is -3.23. The molecule has 2 N–H and O–H groups in total. The molecule has 0 aliphatic carbocycles. The highest BCUT2D eigenvalue weighted by Gasteiger charge is 2.21. The fourth-order valence-corrected chi connectivity index (χ4v) is 2.93. The van der Waals surface area contributed by atoms with Gasteiger partial charge >= 0.3 is 6.03 Å². The van der Waals surface area contributed by atoms with Gasteiger partial charge in [0.1, 0.15) is 11.6 Å². The van der Waals surface area contributed by atoms with Gasteiger partial charge in [-0.25, -0.2) is 19.1 Å². The van der Waals surface area contributed by atoms with E-state index in [1.165, 1.54) is 35.4 Å². The number of nitrogens with one attached hydrogen (secondary N) is 2. The molecule has 0 fully saturated rings. The second-order valence-corrected chi connectivity index (χ2v) is 6.93. The molecule has 3 aromatic rings. The van der Waals surface area contributed by atoms with Gasteiger partial charge in [0.2, 0.25) is 5.95 Å². The molecule has 1 atom stereocenters. The van der Waals surface area contributed by atoms with Crippen molar-refractivity contribution >= 4 is 40.8 Å². The van der Waals surface area contributed by atoms with Crippen LogP contribution < -0.4 is 15.5 Å². The van der Waals surface area contributed by atoms with Crippen molar-refractivity contribution in [3.63, 3.8) is 0 Å². The van der Waals surface area contributed by atoms with Crippen molar-refractivity contribution in [2.75, 3.05) is 29.3 Å². The largest absolute Gasteiger partial charge is 0.383 e. The van der Waals surface area contributed by atoms with Gasteiger partial charge in [0.25, 0.3) is 0 Å². The summed E-state index contributed by atoms with van der Waals surface area (Å²) in [5.74, 6) is 0.232. The number of aromatic nitrogens is 2. The van der Waals surface area contributed by atoms with Gasteiger partial charge in [0.05, 0.1) is 12.3 Å². The van der Waals surface area contributed by atoms with Crippen molar-refractivity contribution in [1.29, 1.82) is 0 Å². The number of methoxy groups -OCH3 is 1. The summed E-state index contributed by atoms with van der Waals surface area (Å²) in [4.78, 5) is 23.1. The predicted octanol–water partition coefficient (Wildman–Crippen LogP) is 5.09. The van der Waals surface area contributed by atoms with E-state index in [4.69, 9.17) is 16.3 Å². The summed E-state index contributed by atoms with van der Waals surface area (Å²) in [5.41, 5.74) is 0.950. The highest BCUT2D eigenvalue weighted by Crippen LogP contribution is 2.26. The van der Waals surface area contributed by atoms with Crippen LogP contribution in [-0.4, -0.2) is 35.8 Å². The maximum absolute atomic E-state index is 13.4. The Balaban J connectivity index is 1.93. The molecule has 1 heterocycles. The Morgan fingerprint density at radius 1 is 1.23 bits per heavy atom. The number of halogens is 2. The van der Waals surface area contributed by atoms with Crippen LogP contribution in [0.5, 0.6) is 0 Å². The Bertz CT molecular complexity index is 1000. The number of benzene rings is 2. The zero-order chi connectivity index (χ0) is 21.5. The Labute approximate surface area is 178 Å². The normalized spacial score (nSPS) is 11.6. The number of urea groups is 1. The maximum atomic E-state index is 13.4. The van der Waals surface area contributed by atoms with Crippen LogP contribution in [0.3, 0.4) is 0 Å². The number of carbonyl (C=O) groups is 1. The van der Waals surface area contributed by atoms with E-state index in [0.717, 1.165) is 0 Å². The lowest BCUT2D eigenvalue weighted by atomic mass is 10.2. The van der Waals surface area contributed by atoms with Crippen LogP contribution in [0, 0.1) is 5.82 Å². The number of ether oxygens (including phenoxy) is 1. The number of hydrogen-bond donors (Lipinski definition) is 2. The summed E-state index contributed by atoms with van der Waals surface area (Å²) < 4.78 is 18.6. The minimum atomic E-state index is -0.488. The van der Waals surface area contributed by atoms with Gasteiger partial charge in [-0.1, -0.05) is 17.7 Å². The number of hydrogen-bond acceptors (Lipinski definition) is 5. The Morgan fingerprint density at radius 3 is 2.70 bits per heavy atom. The molecule has 0 saturated heterocycles. The maximum Gasteiger partial charge on any atom is 0.332 e. The van der Waals surface area contributed by atoms with Crippen molar-refractivity contribution in [3.05, 3.63) is 71.6 Å². The minimum absolute atomic E-state index is 0.0372. The number of nitrogens with zero attached hydrogens (tertiary/aromatic N) is 3. The van der Waals surface area contributed by atoms with Crippen LogP contribution in [0.15, 0.2) is 60.8 Å². The number of anilines is 4. The summed E-state index contributed by atoms with van der Waals surface area (Å²) in [6, 6.07) is 13.4. The molecular weight excluding hydrogens is 409 g/mol. The molecular formula is C21H21ClFN5O2. The van der Waals surface area contributed by atoms with Crippen LogP contribution in [0.1, 0.15) is 6.92 Å². The first-order valence-corrected chi connectivity index (χ1v) is 9.55. The van der Waals surface area contributed by atoms with E-state index in [1.54, 1.807) is 37.4 Å². The number of amides is 2. The molecule has 0 bridgehead atoms. The first kappa shape index (κ1) is 21.5. The molecule has 1 aromatic heterocycles. The summed E-state index contributed by atoms with van der Waals surface area (Å²) in [6.45, 7) is 2.38. The standard InChI is InChI=1S/C21H21ClFN5O2/c1-14(13-30-2)25-20-24-11-10-19(27-20)28(18-8-6-16(23)7-9-18)21(29)26-17-5-3-4-15(22)12-17/h3-12,14H,13H2,1-2H3,(H,26,29)(H,24,25,27)/t14-/m0/s1. The molecule has 2 amide bonds. The van der Waals surface area contributed by atoms with E-state index >= 15 is 0 Å². The quantitative estimate of drug-likeness (QED) is 0.547. The van der Waals surface area contributed by atoms with Gasteiger partial charge in [0.15, 0.2) is 0 Å². The molecule has 7 nitrogen and oxygen atoms in total. The second-order valence-electron chi connectivity index (χ2n) is 6.49. The third kappa shape index (κ3) is 5.65. The van der Waals surface area contributed by atoms with Crippen molar-refractivity contribution in [2.24, 2.45) is 0 Å². The minimum Gasteiger partial charge on any atom is -0.383 e. The molecule has 0 aliphatic rings. The molecule has 0 saturated carbocycles. The molecule has 156 valence electrons. The summed E-state index contributed by atoms with van der Waals surface area (Å²) >= 11 is 6.01. The number of rotatable bonds is 7. The lowest BCUT2D eigenvalue weighted by molar-refractivity contribution is 0.190. The van der Waals surface area contributed by atoms with Crippen molar-refractivity contribution in [1.82, 2.24) is 9.97 Å². The fourth-order valence-electron chi connectivity index (χ4n) is 2.74. The molecule has 0 aliphatic heterocycles. The third-order valence-corrected chi connectivity index (χ3v) is 4.26. The van der Waals surface area contributed by atoms with E-state index in [-0.39, 0.29) is 6.04 Å². The van der Waals surface area contributed by atoms with Crippen molar-refractivity contribution in [2.45, 2.75) is 13.0 Å². The summed E-state index contributed by atoms with van der Waals surface area (Å²) in [5, 5.41) is 6.38. The van der Waals surface area contributed by atoms with E-state index in [9.17, 15) is 9.18 Å². The highest BCUT2D eigenvalue weighted by atomic mass is 35.5. The molecule has 0 spiro atoms. The zero-order valence-electron chi connectivity index (χ0n) is 16.5. The van der Waals surface area contributed by atoms with Crippen molar-refractivity contribution < 1.29 is 13.9 Å². The van der Waals surface area contributed by atoms with Gasteiger partial charge in [0, 0.05) is 36.1 Å². The van der Waals surface area contributed by atoms with Crippen LogP contribution in [0.25, 0.3) is 0 Å². The van der Waals surface area contributed by atoms with Crippen LogP contribution in [-0.2, 0) is 4.74 Å². The zero-order valence-corrected chi connectivity index (χ0v) is 17.2. The Morgan fingerprint density at radius 2 is 2.00 bits per heavy atom. The van der Waals surface area contributed by atoms with Gasteiger partial charge in [-0.2, -0.15) is 4.98 Å². The van der Waals surface area contributed by atoms with Gasteiger partial charge in [-0.3, -0.25) is 0 Å². The predicted molar refractivity (Wildman–Crippen MR) is 116 cm³/mol. The third-order valence-electron chi connectivity index (χ3n) is 4.03. The molecule has 2 aromatic carbocycles. The van der Waals surface area contributed by atoms with E-state index in [0.29, 0.717) is 34.8 Å². The molecule has 30 heavy (non-hydrogen) atoms. The first-order valence-electron chi connectivity index (χ1n) is 9.17. The summed E-state index contributed by atoms with van der Waals surface area (Å²) in [7, 11) is 1.60. The van der Waals surface area contributed by atoms with E-state index in [2.05, 4.69) is 20.6 Å². The summed E-state index contributed by atoms with van der Waals surface area (Å²) in [6.07, 6.45) is 1.54.